The van der Waals surface area contributed by atoms with Crippen molar-refractivity contribution >= 4 is 35.1 Å². The maximum atomic E-state index is 11.6. The van der Waals surface area contributed by atoms with Crippen molar-refractivity contribution in [3.05, 3.63) is 35.9 Å². The van der Waals surface area contributed by atoms with Gasteiger partial charge in [0, 0.05) is 6.61 Å². The van der Waals surface area contributed by atoms with Gasteiger partial charge >= 0.3 is 12.9 Å². The maximum Gasteiger partial charge on any atom is 0.389 e. The lowest BCUT2D eigenvalue weighted by atomic mass is 10.2. The van der Waals surface area contributed by atoms with Gasteiger partial charge in [-0.3, -0.25) is 0 Å². The Morgan fingerprint density at radius 2 is 1.94 bits per heavy atom. The molecule has 1 aromatic carbocycles. The molecule has 0 radical (unpaired) electrons. The number of ether oxygens (including phenoxy) is 1. The molecule has 0 aliphatic heterocycles. The van der Waals surface area contributed by atoms with Gasteiger partial charge in [-0.1, -0.05) is 18.2 Å². The van der Waals surface area contributed by atoms with Crippen molar-refractivity contribution < 1.29 is 14.0 Å². The molecule has 6 heteroatoms. The Morgan fingerprint density at radius 3 is 2.56 bits per heavy atom. The number of rotatable bonds is 7. The summed E-state index contributed by atoms with van der Waals surface area (Å²) >= 11 is 12.0. The molecule has 0 spiro atoms. The quantitative estimate of drug-likeness (QED) is 0.333. The van der Waals surface area contributed by atoms with Crippen LogP contribution in [0, 0.1) is 0 Å². The highest BCUT2D eigenvalue weighted by Crippen LogP contribution is 2.23. The summed E-state index contributed by atoms with van der Waals surface area (Å²) in [4.78, 5) is 11.6. The Kier molecular flexibility index (Phi) is 6.71. The van der Waals surface area contributed by atoms with Crippen LogP contribution in [-0.2, 0) is 9.16 Å². The van der Waals surface area contributed by atoms with E-state index in [0.717, 1.165) is 0 Å². The van der Waals surface area contributed by atoms with E-state index in [2.05, 4.69) is 0 Å². The Labute approximate surface area is 118 Å². The van der Waals surface area contributed by atoms with Crippen LogP contribution in [0.3, 0.4) is 0 Å². The summed E-state index contributed by atoms with van der Waals surface area (Å²) in [5.41, 5.74) is 0.544. The second kappa shape index (κ2) is 7.79. The predicted octanol–water partition coefficient (Wildman–Crippen LogP) is 3.69. The van der Waals surface area contributed by atoms with Gasteiger partial charge in [0.2, 0.25) is 0 Å². The van der Waals surface area contributed by atoms with Crippen molar-refractivity contribution in [2.45, 2.75) is 19.4 Å². The van der Waals surface area contributed by atoms with Gasteiger partial charge in [0.15, 0.2) is 0 Å². The second-order valence-electron chi connectivity index (χ2n) is 3.68. The molecule has 1 aromatic rings. The third-order valence-electron chi connectivity index (χ3n) is 2.21. The summed E-state index contributed by atoms with van der Waals surface area (Å²) in [5, 5.41) is 0. The molecule has 0 N–H and O–H groups in total. The summed E-state index contributed by atoms with van der Waals surface area (Å²) < 4.78 is 10.4. The van der Waals surface area contributed by atoms with Crippen molar-refractivity contribution in [3.8, 4) is 0 Å². The number of halogens is 2. The van der Waals surface area contributed by atoms with Gasteiger partial charge < -0.3 is 9.16 Å². The number of hydrogen-bond acceptors (Lipinski definition) is 3. The van der Waals surface area contributed by atoms with Gasteiger partial charge in [-0.05, 0) is 31.5 Å². The molecule has 0 atom stereocenters. The van der Waals surface area contributed by atoms with Crippen molar-refractivity contribution in [2.75, 3.05) is 13.2 Å². The number of carbonyl (C=O) groups excluding carboxylic acids is 1. The Morgan fingerprint density at radius 1 is 1.28 bits per heavy atom. The summed E-state index contributed by atoms with van der Waals surface area (Å²) in [5.74, 6) is -0.330. The summed E-state index contributed by atoms with van der Waals surface area (Å²) in [6.45, 7) is 0.0513. The van der Waals surface area contributed by atoms with E-state index in [1.54, 1.807) is 24.3 Å². The number of hydrogen-bond donors (Lipinski definition) is 0. The smallest absolute Gasteiger partial charge is 0.389 e. The van der Waals surface area contributed by atoms with Crippen molar-refractivity contribution in [3.63, 3.8) is 0 Å². The first-order valence-corrected chi connectivity index (χ1v) is 9.93. The number of benzene rings is 1. The second-order valence-corrected chi connectivity index (χ2v) is 9.98. The van der Waals surface area contributed by atoms with Crippen LogP contribution in [0.2, 0.25) is 6.04 Å². The normalized spacial score (nSPS) is 11.3. The monoisotopic (exact) mass is 306 g/mol. The lowest BCUT2D eigenvalue weighted by Gasteiger charge is -2.15. The first kappa shape index (κ1) is 15.5. The number of carbonyl (C=O) groups is 1. The van der Waals surface area contributed by atoms with Crippen molar-refractivity contribution in [1.82, 2.24) is 0 Å². The van der Waals surface area contributed by atoms with Crippen molar-refractivity contribution in [1.29, 1.82) is 0 Å². The van der Waals surface area contributed by atoms with Crippen LogP contribution in [0.25, 0.3) is 0 Å². The molecule has 0 aromatic heterocycles. The largest absolute Gasteiger partial charge is 0.462 e. The number of esters is 1. The molecular weight excluding hydrogens is 291 g/mol. The molecule has 0 aliphatic carbocycles. The standard InChI is InChI=1S/C12H16Cl2O3Si/c1-2-17-18(13,14)10-6-9-16-12(15)11-7-4-3-5-8-11/h3-5,7-8H,2,6,9-10H2,1H3. The lowest BCUT2D eigenvalue weighted by molar-refractivity contribution is 0.0504. The molecule has 0 amide bonds. The van der Waals surface area contributed by atoms with Gasteiger partial charge in [-0.2, -0.15) is 0 Å². The molecule has 0 saturated heterocycles. The lowest BCUT2D eigenvalue weighted by Crippen LogP contribution is -2.24. The van der Waals surface area contributed by atoms with E-state index in [1.807, 2.05) is 13.0 Å². The summed E-state index contributed by atoms with van der Waals surface area (Å²) in [7, 11) is 0. The third kappa shape index (κ3) is 5.86. The van der Waals surface area contributed by atoms with Gasteiger partial charge in [0.25, 0.3) is 0 Å². The molecule has 0 unspecified atom stereocenters. The van der Waals surface area contributed by atoms with E-state index < -0.39 is 6.94 Å². The van der Waals surface area contributed by atoms with Crippen molar-refractivity contribution in [2.24, 2.45) is 0 Å². The summed E-state index contributed by atoms with van der Waals surface area (Å²) in [6.07, 6.45) is 0.609. The van der Waals surface area contributed by atoms with Crippen LogP contribution in [0.15, 0.2) is 30.3 Å². The Hall–Kier alpha value is -0.553. The molecule has 0 fully saturated rings. The molecule has 0 saturated carbocycles. The van der Waals surface area contributed by atoms with E-state index in [1.165, 1.54) is 0 Å². The molecule has 0 aliphatic rings. The van der Waals surface area contributed by atoms with E-state index in [9.17, 15) is 4.79 Å². The molecule has 0 heterocycles. The molecular formula is C12H16Cl2O3Si. The van der Waals surface area contributed by atoms with Gasteiger partial charge in [-0.15, -0.1) is 22.2 Å². The van der Waals surface area contributed by atoms with Gasteiger partial charge in [-0.25, -0.2) is 4.79 Å². The van der Waals surface area contributed by atoms with Crippen LogP contribution in [0.4, 0.5) is 0 Å². The Balaban J connectivity index is 2.25. The fourth-order valence-corrected chi connectivity index (χ4v) is 3.96. The molecule has 1 rings (SSSR count). The Bertz CT molecular complexity index is 371. The van der Waals surface area contributed by atoms with Gasteiger partial charge in [0.1, 0.15) is 0 Å². The van der Waals surface area contributed by atoms with Crippen LogP contribution in [0.1, 0.15) is 23.7 Å². The average molecular weight is 307 g/mol. The average Bonchev–Trinajstić information content (AvgIpc) is 2.35. The van der Waals surface area contributed by atoms with E-state index in [-0.39, 0.29) is 5.97 Å². The zero-order valence-electron chi connectivity index (χ0n) is 10.2. The van der Waals surface area contributed by atoms with Crippen LogP contribution < -0.4 is 0 Å². The van der Waals surface area contributed by atoms with E-state index >= 15 is 0 Å². The summed E-state index contributed by atoms with van der Waals surface area (Å²) in [6, 6.07) is 9.41. The van der Waals surface area contributed by atoms with Crippen LogP contribution in [0.5, 0.6) is 0 Å². The highest BCUT2D eigenvalue weighted by atomic mass is 35.7. The predicted molar refractivity (Wildman–Crippen MR) is 75.2 cm³/mol. The fourth-order valence-electron chi connectivity index (χ4n) is 1.38. The minimum Gasteiger partial charge on any atom is -0.462 e. The van der Waals surface area contributed by atoms with Crippen LogP contribution >= 0.6 is 22.2 Å². The zero-order chi connectivity index (χ0) is 13.4. The molecule has 0 bridgehead atoms. The van der Waals surface area contributed by atoms with E-state index in [0.29, 0.717) is 31.2 Å². The zero-order valence-corrected chi connectivity index (χ0v) is 12.7. The minimum absolute atomic E-state index is 0.301. The van der Waals surface area contributed by atoms with Gasteiger partial charge in [0.05, 0.1) is 12.2 Å². The maximum absolute atomic E-state index is 11.6. The highest BCUT2D eigenvalue weighted by Gasteiger charge is 2.29. The SMILES string of the molecule is CCO[Si](Cl)(Cl)CCCOC(=O)c1ccccc1. The first-order chi connectivity index (χ1) is 8.55. The molecule has 3 nitrogen and oxygen atoms in total. The molecule has 100 valence electrons. The highest BCUT2D eigenvalue weighted by molar-refractivity contribution is 7.42. The first-order valence-electron chi connectivity index (χ1n) is 5.79. The topological polar surface area (TPSA) is 35.5 Å². The third-order valence-corrected chi connectivity index (χ3v) is 5.65. The molecule has 18 heavy (non-hydrogen) atoms. The fraction of sp³-hybridized carbons (Fsp3) is 0.417. The van der Waals surface area contributed by atoms with E-state index in [4.69, 9.17) is 31.3 Å². The van der Waals surface area contributed by atoms with Crippen LogP contribution in [-0.4, -0.2) is 26.1 Å². The minimum atomic E-state index is -2.60.